The third-order valence-electron chi connectivity index (χ3n) is 7.99. The number of piperazine rings is 1. The first-order chi connectivity index (χ1) is 22.2. The second-order valence-electron chi connectivity index (χ2n) is 11.2. The minimum absolute atomic E-state index is 0.227. The van der Waals surface area contributed by atoms with E-state index >= 15 is 4.39 Å². The number of aromatic nitrogens is 1. The van der Waals surface area contributed by atoms with Crippen molar-refractivity contribution in [3.63, 3.8) is 0 Å². The Morgan fingerprint density at radius 2 is 1.83 bits per heavy atom. The van der Waals surface area contributed by atoms with E-state index < -0.39 is 27.9 Å². The highest BCUT2D eigenvalue weighted by atomic mass is 35.5. The molecule has 0 unspecified atom stereocenters. The summed E-state index contributed by atoms with van der Waals surface area (Å²) in [5.74, 6) is -0.372. The summed E-state index contributed by atoms with van der Waals surface area (Å²) in [7, 11) is -2.27. The SMILES string of the molecule is COc1ccc(NC(=O)[C@H](Cc2ccc(Cl)cc2)Nc2cccc(F)c2CC[C@H]2CNC[C@@H](C)N2S(=O)(=O)c2ccccc2)cn1. The predicted molar refractivity (Wildman–Crippen MR) is 178 cm³/mol. The number of amides is 1. The predicted octanol–water partition coefficient (Wildman–Crippen LogP) is 5.53. The Labute approximate surface area is 274 Å². The van der Waals surface area contributed by atoms with Gasteiger partial charge in [0.2, 0.25) is 21.8 Å². The second-order valence-corrected chi connectivity index (χ2v) is 13.5. The van der Waals surface area contributed by atoms with Crippen LogP contribution in [0.1, 0.15) is 24.5 Å². The molecule has 3 atom stereocenters. The van der Waals surface area contributed by atoms with Crippen molar-refractivity contribution in [3.05, 3.63) is 113 Å². The quantitative estimate of drug-likeness (QED) is 0.183. The monoisotopic (exact) mass is 665 g/mol. The highest BCUT2D eigenvalue weighted by molar-refractivity contribution is 7.89. The van der Waals surface area contributed by atoms with Gasteiger partial charge in [-0.3, -0.25) is 4.79 Å². The molecule has 1 aliphatic heterocycles. The maximum absolute atomic E-state index is 15.5. The number of nitrogens with zero attached hydrogens (tertiary/aromatic N) is 2. The molecule has 3 N–H and O–H groups in total. The van der Waals surface area contributed by atoms with Crippen molar-refractivity contribution < 1.29 is 22.3 Å². The lowest BCUT2D eigenvalue weighted by Crippen LogP contribution is -2.58. The number of hydrogen-bond donors (Lipinski definition) is 3. The van der Waals surface area contributed by atoms with Crippen LogP contribution in [0.25, 0.3) is 0 Å². The van der Waals surface area contributed by atoms with Crippen molar-refractivity contribution in [2.45, 2.75) is 49.2 Å². The highest BCUT2D eigenvalue weighted by Gasteiger charge is 2.37. The number of sulfonamides is 1. The van der Waals surface area contributed by atoms with Gasteiger partial charge in [-0.05, 0) is 67.8 Å². The number of hydrogen-bond acceptors (Lipinski definition) is 7. The Hall–Kier alpha value is -4.03. The van der Waals surface area contributed by atoms with E-state index in [1.165, 1.54) is 19.4 Å². The molecular weight excluding hydrogens is 629 g/mol. The largest absolute Gasteiger partial charge is 0.481 e. The molecular formula is C34H37ClFN5O4S. The summed E-state index contributed by atoms with van der Waals surface area (Å²) in [5, 5.41) is 10.1. The van der Waals surface area contributed by atoms with Gasteiger partial charge in [0.25, 0.3) is 0 Å². The molecule has 0 saturated carbocycles. The normalized spacial score (nSPS) is 17.7. The first-order valence-electron chi connectivity index (χ1n) is 15.0. The van der Waals surface area contributed by atoms with Crippen molar-refractivity contribution >= 4 is 38.9 Å². The van der Waals surface area contributed by atoms with Crippen LogP contribution >= 0.6 is 11.6 Å². The topological polar surface area (TPSA) is 113 Å². The molecule has 242 valence electrons. The van der Waals surface area contributed by atoms with Gasteiger partial charge in [-0.2, -0.15) is 4.31 Å². The molecule has 3 aromatic carbocycles. The summed E-state index contributed by atoms with van der Waals surface area (Å²) in [5.41, 5.74) is 2.16. The van der Waals surface area contributed by atoms with Gasteiger partial charge in [0.05, 0.1) is 23.9 Å². The second kappa shape index (κ2) is 15.0. The minimum atomic E-state index is -3.78. The zero-order valence-corrected chi connectivity index (χ0v) is 27.2. The Balaban J connectivity index is 1.39. The van der Waals surface area contributed by atoms with E-state index in [-0.39, 0.29) is 29.7 Å². The van der Waals surface area contributed by atoms with Crippen molar-refractivity contribution in [2.75, 3.05) is 30.8 Å². The Morgan fingerprint density at radius 1 is 1.07 bits per heavy atom. The molecule has 0 spiro atoms. The smallest absolute Gasteiger partial charge is 0.247 e. The number of rotatable bonds is 12. The molecule has 1 aromatic heterocycles. The maximum atomic E-state index is 15.5. The van der Waals surface area contributed by atoms with Crippen molar-refractivity contribution in [2.24, 2.45) is 0 Å². The molecule has 12 heteroatoms. The van der Waals surface area contributed by atoms with Gasteiger partial charge in [0, 0.05) is 53.9 Å². The van der Waals surface area contributed by atoms with E-state index in [0.29, 0.717) is 47.4 Å². The van der Waals surface area contributed by atoms with Gasteiger partial charge in [-0.1, -0.05) is 48.0 Å². The molecule has 1 aliphatic rings. The molecule has 1 fully saturated rings. The van der Waals surface area contributed by atoms with E-state index in [9.17, 15) is 13.2 Å². The summed E-state index contributed by atoms with van der Waals surface area (Å²) in [4.78, 5) is 18.0. The van der Waals surface area contributed by atoms with E-state index in [2.05, 4.69) is 20.9 Å². The van der Waals surface area contributed by atoms with Crippen LogP contribution in [0.15, 0.2) is 96.0 Å². The molecule has 1 amide bonds. The third-order valence-corrected chi connectivity index (χ3v) is 10.3. The van der Waals surface area contributed by atoms with E-state index in [4.69, 9.17) is 16.3 Å². The summed E-state index contributed by atoms with van der Waals surface area (Å²) in [6.07, 6.45) is 2.39. The standard InChI is InChI=1S/C34H37ClFN5O4S/c1-23-20-37-22-27(41(23)46(43,44)28-7-4-3-5-8-28)16-17-29-30(36)9-6-10-31(29)40-32(19-24-11-13-25(35)14-12-24)34(42)39-26-15-18-33(45-2)38-21-26/h3-15,18,21,23,27,32,37,40H,16-17,19-20,22H2,1-2H3,(H,39,42)/t23-,27+,32+/m1/s1. The van der Waals surface area contributed by atoms with Gasteiger partial charge >= 0.3 is 0 Å². The average Bonchev–Trinajstić information content (AvgIpc) is 3.05. The summed E-state index contributed by atoms with van der Waals surface area (Å²) in [6.45, 7) is 2.82. The van der Waals surface area contributed by atoms with Crippen LogP contribution in [-0.4, -0.2) is 61.9 Å². The number of carbonyl (C=O) groups excluding carboxylic acids is 1. The fourth-order valence-corrected chi connectivity index (χ4v) is 7.68. The van der Waals surface area contributed by atoms with Gasteiger partial charge in [0.1, 0.15) is 11.9 Å². The zero-order chi connectivity index (χ0) is 32.7. The van der Waals surface area contributed by atoms with Crippen LogP contribution in [0, 0.1) is 5.82 Å². The van der Waals surface area contributed by atoms with Crippen molar-refractivity contribution in [1.82, 2.24) is 14.6 Å². The van der Waals surface area contributed by atoms with Crippen LogP contribution in [0.5, 0.6) is 5.88 Å². The Kier molecular flexibility index (Phi) is 10.9. The van der Waals surface area contributed by atoms with Gasteiger partial charge in [0.15, 0.2) is 0 Å². The zero-order valence-electron chi connectivity index (χ0n) is 25.6. The summed E-state index contributed by atoms with van der Waals surface area (Å²) in [6, 6.07) is 22.1. The summed E-state index contributed by atoms with van der Waals surface area (Å²) < 4.78 is 49.6. The van der Waals surface area contributed by atoms with Crippen LogP contribution in [0.3, 0.4) is 0 Å². The van der Waals surface area contributed by atoms with Crippen molar-refractivity contribution in [1.29, 1.82) is 0 Å². The lowest BCUT2D eigenvalue weighted by molar-refractivity contribution is -0.116. The third kappa shape index (κ3) is 8.03. The van der Waals surface area contributed by atoms with Crippen molar-refractivity contribution in [3.8, 4) is 5.88 Å². The highest BCUT2D eigenvalue weighted by Crippen LogP contribution is 2.28. The lowest BCUT2D eigenvalue weighted by Gasteiger charge is -2.40. The van der Waals surface area contributed by atoms with Crippen LogP contribution in [0.4, 0.5) is 15.8 Å². The first-order valence-corrected chi connectivity index (χ1v) is 16.9. The van der Waals surface area contributed by atoms with Crippen LogP contribution in [-0.2, 0) is 27.7 Å². The first kappa shape index (κ1) is 33.3. The average molecular weight is 666 g/mol. The minimum Gasteiger partial charge on any atom is -0.481 e. The molecule has 46 heavy (non-hydrogen) atoms. The number of benzene rings is 3. The van der Waals surface area contributed by atoms with Crippen LogP contribution < -0.4 is 20.7 Å². The number of ether oxygens (including phenoxy) is 1. The Bertz CT molecular complexity index is 1730. The molecule has 9 nitrogen and oxygen atoms in total. The van der Waals surface area contributed by atoms with Gasteiger partial charge < -0.3 is 20.7 Å². The molecule has 5 rings (SSSR count). The lowest BCUT2D eigenvalue weighted by atomic mass is 9.99. The maximum Gasteiger partial charge on any atom is 0.247 e. The molecule has 4 aromatic rings. The van der Waals surface area contributed by atoms with E-state index in [1.54, 1.807) is 71.0 Å². The number of halogens is 2. The number of anilines is 2. The molecule has 0 bridgehead atoms. The number of nitrogens with one attached hydrogen (secondary N) is 3. The van der Waals surface area contributed by atoms with E-state index in [1.807, 2.05) is 19.1 Å². The number of carbonyl (C=O) groups is 1. The molecule has 0 aliphatic carbocycles. The molecule has 1 saturated heterocycles. The fourth-order valence-electron chi connectivity index (χ4n) is 5.69. The van der Waals surface area contributed by atoms with Crippen LogP contribution in [0.2, 0.25) is 5.02 Å². The fraction of sp³-hybridized carbons (Fsp3) is 0.294. The molecule has 2 heterocycles. The number of pyridine rings is 1. The Morgan fingerprint density at radius 3 is 2.52 bits per heavy atom. The summed E-state index contributed by atoms with van der Waals surface area (Å²) >= 11 is 6.09. The molecule has 0 radical (unpaired) electrons. The number of methoxy groups -OCH3 is 1. The van der Waals surface area contributed by atoms with Gasteiger partial charge in [-0.25, -0.2) is 17.8 Å². The van der Waals surface area contributed by atoms with Gasteiger partial charge in [-0.15, -0.1) is 0 Å². The van der Waals surface area contributed by atoms with E-state index in [0.717, 1.165) is 5.56 Å².